The molecule has 0 bridgehead atoms. The Balaban J connectivity index is 1.93. The van der Waals surface area contributed by atoms with Gasteiger partial charge in [0, 0.05) is 5.56 Å². The van der Waals surface area contributed by atoms with Gasteiger partial charge in [0.15, 0.2) is 0 Å². The summed E-state index contributed by atoms with van der Waals surface area (Å²) in [5.74, 6) is -0.993. The normalized spacial score (nSPS) is 11.0. The molecule has 126 valence electrons. The summed E-state index contributed by atoms with van der Waals surface area (Å²) in [6.45, 7) is 0.941. The van der Waals surface area contributed by atoms with Gasteiger partial charge in [-0.05, 0) is 30.7 Å². The zero-order chi connectivity index (χ0) is 17.7. The molecule has 1 heterocycles. The second kappa shape index (κ2) is 7.12. The first kappa shape index (κ1) is 17.5. The van der Waals surface area contributed by atoms with Gasteiger partial charge in [0.2, 0.25) is 5.91 Å². The number of benzene rings is 1. The first-order valence-electron chi connectivity index (χ1n) is 6.94. The standard InChI is InChI=1S/C16H14F3N3O2/c1-10-7-12(8-20-14(10)16(17,18)19)22-13(23)9-21-15(24)11-5-3-2-4-6-11/h2-8H,9H2,1H3,(H,21,24)(H,22,23). The summed E-state index contributed by atoms with van der Waals surface area (Å²) < 4.78 is 37.8. The third-order valence-electron chi connectivity index (χ3n) is 3.08. The second-order valence-electron chi connectivity index (χ2n) is 4.98. The lowest BCUT2D eigenvalue weighted by Gasteiger charge is -2.11. The maximum Gasteiger partial charge on any atom is 0.433 e. The third kappa shape index (κ3) is 4.55. The van der Waals surface area contributed by atoms with E-state index in [1.54, 1.807) is 30.3 Å². The van der Waals surface area contributed by atoms with Crippen molar-refractivity contribution >= 4 is 17.5 Å². The minimum absolute atomic E-state index is 0.103. The van der Waals surface area contributed by atoms with E-state index in [0.29, 0.717) is 5.56 Å². The van der Waals surface area contributed by atoms with Crippen LogP contribution in [-0.4, -0.2) is 23.3 Å². The van der Waals surface area contributed by atoms with Gasteiger partial charge in [-0.2, -0.15) is 13.2 Å². The molecule has 0 aliphatic carbocycles. The van der Waals surface area contributed by atoms with Crippen LogP contribution in [0.4, 0.5) is 18.9 Å². The molecule has 1 aromatic heterocycles. The van der Waals surface area contributed by atoms with Crippen LogP contribution in [0.25, 0.3) is 0 Å². The van der Waals surface area contributed by atoms with Crippen molar-refractivity contribution in [1.82, 2.24) is 10.3 Å². The molecule has 0 aliphatic rings. The van der Waals surface area contributed by atoms with Crippen molar-refractivity contribution < 1.29 is 22.8 Å². The van der Waals surface area contributed by atoms with Crippen molar-refractivity contribution in [1.29, 1.82) is 0 Å². The SMILES string of the molecule is Cc1cc(NC(=O)CNC(=O)c2ccccc2)cnc1C(F)(F)F. The summed E-state index contributed by atoms with van der Waals surface area (Å²) in [5.41, 5.74) is -0.580. The van der Waals surface area contributed by atoms with E-state index >= 15 is 0 Å². The van der Waals surface area contributed by atoms with Crippen molar-refractivity contribution in [3.05, 3.63) is 59.4 Å². The smallest absolute Gasteiger partial charge is 0.343 e. The molecule has 0 saturated heterocycles. The van der Waals surface area contributed by atoms with Gasteiger partial charge in [-0.1, -0.05) is 18.2 Å². The fraction of sp³-hybridized carbons (Fsp3) is 0.188. The number of hydrogen-bond acceptors (Lipinski definition) is 3. The van der Waals surface area contributed by atoms with E-state index in [1.165, 1.54) is 13.0 Å². The summed E-state index contributed by atoms with van der Waals surface area (Å²) in [6, 6.07) is 9.49. The number of aryl methyl sites for hydroxylation is 1. The highest BCUT2D eigenvalue weighted by Crippen LogP contribution is 2.30. The Morgan fingerprint density at radius 1 is 1.17 bits per heavy atom. The van der Waals surface area contributed by atoms with E-state index in [4.69, 9.17) is 0 Å². The van der Waals surface area contributed by atoms with Crippen LogP contribution in [0.15, 0.2) is 42.6 Å². The molecule has 0 spiro atoms. The number of hydrogen-bond donors (Lipinski definition) is 2. The number of halogens is 3. The van der Waals surface area contributed by atoms with E-state index in [0.717, 1.165) is 6.20 Å². The number of aromatic nitrogens is 1. The van der Waals surface area contributed by atoms with Gasteiger partial charge in [-0.15, -0.1) is 0 Å². The molecule has 0 atom stereocenters. The van der Waals surface area contributed by atoms with Crippen LogP contribution in [0.2, 0.25) is 0 Å². The van der Waals surface area contributed by atoms with Crippen molar-refractivity contribution in [3.8, 4) is 0 Å². The van der Waals surface area contributed by atoms with E-state index in [9.17, 15) is 22.8 Å². The average molecular weight is 337 g/mol. The van der Waals surface area contributed by atoms with E-state index in [-0.39, 0.29) is 17.8 Å². The lowest BCUT2D eigenvalue weighted by molar-refractivity contribution is -0.141. The van der Waals surface area contributed by atoms with E-state index in [2.05, 4.69) is 15.6 Å². The number of pyridine rings is 1. The Morgan fingerprint density at radius 3 is 2.42 bits per heavy atom. The zero-order valence-electron chi connectivity index (χ0n) is 12.6. The van der Waals surface area contributed by atoms with Gasteiger partial charge in [0.1, 0.15) is 5.69 Å². The molecule has 1 aromatic carbocycles. The van der Waals surface area contributed by atoms with Crippen molar-refractivity contribution in [2.75, 3.05) is 11.9 Å². The van der Waals surface area contributed by atoms with Gasteiger partial charge < -0.3 is 10.6 Å². The highest BCUT2D eigenvalue weighted by Gasteiger charge is 2.34. The monoisotopic (exact) mass is 337 g/mol. The Hall–Kier alpha value is -2.90. The number of nitrogens with zero attached hydrogens (tertiary/aromatic N) is 1. The average Bonchev–Trinajstić information content (AvgIpc) is 2.52. The molecule has 0 aliphatic heterocycles. The number of nitrogens with one attached hydrogen (secondary N) is 2. The third-order valence-corrected chi connectivity index (χ3v) is 3.08. The molecule has 2 N–H and O–H groups in total. The van der Waals surface area contributed by atoms with E-state index in [1.807, 2.05) is 0 Å². The predicted octanol–water partition coefficient (Wildman–Crippen LogP) is 2.78. The van der Waals surface area contributed by atoms with Crippen LogP contribution in [0, 0.1) is 6.92 Å². The summed E-state index contributed by atoms with van der Waals surface area (Å²) in [6.07, 6.45) is -3.62. The van der Waals surface area contributed by atoms with Crippen molar-refractivity contribution in [2.24, 2.45) is 0 Å². The first-order valence-corrected chi connectivity index (χ1v) is 6.94. The fourth-order valence-corrected chi connectivity index (χ4v) is 2.00. The van der Waals surface area contributed by atoms with Gasteiger partial charge in [0.25, 0.3) is 5.91 Å². The minimum Gasteiger partial charge on any atom is -0.343 e. The number of alkyl halides is 3. The largest absolute Gasteiger partial charge is 0.433 e. The van der Waals surface area contributed by atoms with Gasteiger partial charge in [0.05, 0.1) is 18.4 Å². The Bertz CT molecular complexity index is 746. The lowest BCUT2D eigenvalue weighted by Crippen LogP contribution is -2.32. The predicted molar refractivity (Wildman–Crippen MR) is 81.4 cm³/mol. The van der Waals surface area contributed by atoms with Crippen molar-refractivity contribution in [3.63, 3.8) is 0 Å². The topological polar surface area (TPSA) is 71.1 Å². The first-order chi connectivity index (χ1) is 11.3. The molecule has 24 heavy (non-hydrogen) atoms. The molecule has 0 radical (unpaired) electrons. The second-order valence-corrected chi connectivity index (χ2v) is 4.98. The molecule has 2 rings (SSSR count). The highest BCUT2D eigenvalue weighted by atomic mass is 19.4. The Kier molecular flexibility index (Phi) is 5.18. The highest BCUT2D eigenvalue weighted by molar-refractivity contribution is 5.99. The molecule has 0 fully saturated rings. The zero-order valence-corrected chi connectivity index (χ0v) is 12.6. The van der Waals surface area contributed by atoms with Gasteiger partial charge >= 0.3 is 6.18 Å². The summed E-state index contributed by atoms with van der Waals surface area (Å²) in [7, 11) is 0. The number of amides is 2. The fourth-order valence-electron chi connectivity index (χ4n) is 2.00. The molecule has 2 aromatic rings. The van der Waals surface area contributed by atoms with Crippen LogP contribution in [0.5, 0.6) is 0 Å². The summed E-state index contributed by atoms with van der Waals surface area (Å²) >= 11 is 0. The van der Waals surface area contributed by atoms with Crippen LogP contribution >= 0.6 is 0 Å². The number of carbonyl (C=O) groups excluding carboxylic acids is 2. The summed E-state index contributed by atoms with van der Waals surface area (Å²) in [4.78, 5) is 26.9. The lowest BCUT2D eigenvalue weighted by atomic mass is 10.2. The quantitative estimate of drug-likeness (QED) is 0.901. The van der Waals surface area contributed by atoms with E-state index < -0.39 is 23.7 Å². The van der Waals surface area contributed by atoms with Crippen molar-refractivity contribution in [2.45, 2.75) is 13.1 Å². The molecular weight excluding hydrogens is 323 g/mol. The molecule has 8 heteroatoms. The molecule has 5 nitrogen and oxygen atoms in total. The maximum absolute atomic E-state index is 12.6. The molecule has 2 amide bonds. The Morgan fingerprint density at radius 2 is 1.83 bits per heavy atom. The molecule has 0 unspecified atom stereocenters. The van der Waals surface area contributed by atoms with Crippen LogP contribution in [0.3, 0.4) is 0 Å². The number of carbonyl (C=O) groups is 2. The van der Waals surface area contributed by atoms with Crippen LogP contribution in [-0.2, 0) is 11.0 Å². The maximum atomic E-state index is 12.6. The van der Waals surface area contributed by atoms with Gasteiger partial charge in [-0.3, -0.25) is 9.59 Å². The molecular formula is C16H14F3N3O2. The molecule has 0 saturated carbocycles. The number of anilines is 1. The van der Waals surface area contributed by atoms with Crippen LogP contribution < -0.4 is 10.6 Å². The number of rotatable bonds is 4. The van der Waals surface area contributed by atoms with Gasteiger partial charge in [-0.25, -0.2) is 4.98 Å². The Labute approximate surface area is 135 Å². The van der Waals surface area contributed by atoms with Crippen LogP contribution in [0.1, 0.15) is 21.6 Å². The summed E-state index contributed by atoms with van der Waals surface area (Å²) in [5, 5.41) is 4.80. The minimum atomic E-state index is -4.55.